The van der Waals surface area contributed by atoms with Crippen molar-refractivity contribution in [3.05, 3.63) is 52.5 Å². The fourth-order valence-corrected chi connectivity index (χ4v) is 2.93. The molecule has 0 aliphatic rings. The third-order valence-corrected chi connectivity index (χ3v) is 4.28. The first-order valence-corrected chi connectivity index (χ1v) is 8.15. The van der Waals surface area contributed by atoms with Gasteiger partial charge in [-0.05, 0) is 47.7 Å². The summed E-state index contributed by atoms with van der Waals surface area (Å²) in [5, 5.41) is 7.92. The monoisotopic (exact) mass is 402 g/mol. The van der Waals surface area contributed by atoms with Crippen LogP contribution in [0.5, 0.6) is 0 Å². The van der Waals surface area contributed by atoms with Crippen LogP contribution >= 0.6 is 27.7 Å². The molecule has 0 radical (unpaired) electrons. The van der Waals surface area contributed by atoms with Crippen molar-refractivity contribution in [3.8, 4) is 0 Å². The van der Waals surface area contributed by atoms with Crippen LogP contribution in [0.25, 0.3) is 11.0 Å². The summed E-state index contributed by atoms with van der Waals surface area (Å²) in [5.74, 6) is 0.593. The lowest BCUT2D eigenvalue weighted by molar-refractivity contribution is -0.0328. The quantitative estimate of drug-likeness (QED) is 0.558. The summed E-state index contributed by atoms with van der Waals surface area (Å²) in [6.07, 6.45) is 0. The van der Waals surface area contributed by atoms with Gasteiger partial charge in [-0.1, -0.05) is 33.2 Å². The average Bonchev–Trinajstić information content (AvgIpc) is 2.87. The summed E-state index contributed by atoms with van der Waals surface area (Å²) in [4.78, 5) is 0.164. The summed E-state index contributed by atoms with van der Waals surface area (Å²) in [7, 11) is 0. The van der Waals surface area contributed by atoms with Gasteiger partial charge in [-0.2, -0.15) is 13.2 Å². The van der Waals surface area contributed by atoms with E-state index < -0.39 is 5.51 Å². The minimum Gasteiger partial charge on any atom is -0.363 e. The number of nitrogens with one attached hydrogen (secondary N) is 1. The molecule has 0 amide bonds. The van der Waals surface area contributed by atoms with Crippen LogP contribution in [0.2, 0.25) is 0 Å². The van der Waals surface area contributed by atoms with Gasteiger partial charge in [-0.15, -0.1) is 0 Å². The van der Waals surface area contributed by atoms with E-state index in [1.165, 1.54) is 12.1 Å². The molecule has 0 aliphatic carbocycles. The highest BCUT2D eigenvalue weighted by atomic mass is 79.9. The maximum Gasteiger partial charge on any atom is 0.446 e. The number of nitrogens with zero attached hydrogens (tertiary/aromatic N) is 1. The van der Waals surface area contributed by atoms with Crippen molar-refractivity contribution in [1.29, 1.82) is 0 Å². The number of fused-ring (bicyclic) bond motifs is 1. The predicted octanol–water partition coefficient (Wildman–Crippen LogP) is 5.81. The van der Waals surface area contributed by atoms with Crippen LogP contribution in [0.15, 0.2) is 56.4 Å². The molecule has 0 fully saturated rings. The Balaban J connectivity index is 1.69. The Morgan fingerprint density at radius 1 is 1.13 bits per heavy atom. The van der Waals surface area contributed by atoms with Crippen LogP contribution in [0.1, 0.15) is 5.56 Å². The molecule has 3 nitrogen and oxygen atoms in total. The number of rotatable bonds is 4. The van der Waals surface area contributed by atoms with E-state index in [9.17, 15) is 13.2 Å². The molecule has 0 bridgehead atoms. The predicted molar refractivity (Wildman–Crippen MR) is 87.4 cm³/mol. The van der Waals surface area contributed by atoms with Crippen LogP contribution in [-0.4, -0.2) is 10.7 Å². The zero-order chi connectivity index (χ0) is 16.4. The van der Waals surface area contributed by atoms with Crippen molar-refractivity contribution >= 4 is 44.5 Å². The summed E-state index contributed by atoms with van der Waals surface area (Å²) in [5.41, 5.74) is -2.76. The molecule has 0 saturated carbocycles. The number of aromatic nitrogens is 1. The molecule has 1 heterocycles. The highest BCUT2D eigenvalue weighted by Gasteiger charge is 2.28. The summed E-state index contributed by atoms with van der Waals surface area (Å²) < 4.78 is 43.0. The van der Waals surface area contributed by atoms with Crippen molar-refractivity contribution in [3.63, 3.8) is 0 Å². The zero-order valence-electron chi connectivity index (χ0n) is 11.5. The van der Waals surface area contributed by atoms with Crippen LogP contribution in [-0.2, 0) is 6.54 Å². The van der Waals surface area contributed by atoms with E-state index in [0.29, 0.717) is 17.9 Å². The van der Waals surface area contributed by atoms with E-state index in [1.54, 1.807) is 18.2 Å². The normalized spacial score (nSPS) is 11.8. The van der Waals surface area contributed by atoms with Gasteiger partial charge in [0.2, 0.25) is 0 Å². The Labute approximate surface area is 142 Å². The van der Waals surface area contributed by atoms with Gasteiger partial charge in [0, 0.05) is 15.9 Å². The Kier molecular flexibility index (Phi) is 4.54. The minimum absolute atomic E-state index is 0.124. The smallest absolute Gasteiger partial charge is 0.363 e. The molecule has 0 aliphatic heterocycles. The largest absolute Gasteiger partial charge is 0.446 e. The lowest BCUT2D eigenvalue weighted by atomic mass is 10.2. The van der Waals surface area contributed by atoms with Crippen molar-refractivity contribution < 1.29 is 17.7 Å². The van der Waals surface area contributed by atoms with E-state index in [2.05, 4.69) is 26.4 Å². The molecule has 8 heteroatoms. The number of anilines is 1. The standard InChI is InChI=1S/C15H10BrF3N2OS/c16-10-3-6-13-12(7-10)14(21-22-13)20-8-9-1-4-11(5-2-9)23-15(17,18)19/h1-7H,8H2,(H,20,21). The van der Waals surface area contributed by atoms with E-state index in [1.807, 2.05) is 12.1 Å². The molecule has 1 aromatic heterocycles. The number of thioether (sulfide) groups is 1. The molecule has 0 unspecified atom stereocenters. The summed E-state index contributed by atoms with van der Waals surface area (Å²) in [6.45, 7) is 0.436. The van der Waals surface area contributed by atoms with Gasteiger partial charge in [0.15, 0.2) is 11.4 Å². The minimum atomic E-state index is -4.27. The maximum atomic E-state index is 12.3. The van der Waals surface area contributed by atoms with Gasteiger partial charge < -0.3 is 9.84 Å². The second-order valence-electron chi connectivity index (χ2n) is 4.72. The third kappa shape index (κ3) is 4.20. The molecule has 0 spiro atoms. The molecule has 1 N–H and O–H groups in total. The van der Waals surface area contributed by atoms with Gasteiger partial charge in [0.25, 0.3) is 0 Å². The van der Waals surface area contributed by atoms with Crippen LogP contribution < -0.4 is 5.32 Å². The number of alkyl halides is 3. The average molecular weight is 403 g/mol. The number of halogens is 4. The lowest BCUT2D eigenvalue weighted by Crippen LogP contribution is -2.01. The molecule has 120 valence electrons. The van der Waals surface area contributed by atoms with Crippen LogP contribution in [0.3, 0.4) is 0 Å². The molecule has 3 rings (SSSR count). The Hall–Kier alpha value is -1.67. The molecule has 0 saturated heterocycles. The number of hydrogen-bond donors (Lipinski definition) is 1. The molecule has 0 atom stereocenters. The van der Waals surface area contributed by atoms with E-state index >= 15 is 0 Å². The number of benzene rings is 2. The SMILES string of the molecule is FC(F)(F)Sc1ccc(CNc2noc3ccc(Br)cc23)cc1. The highest BCUT2D eigenvalue weighted by molar-refractivity contribution is 9.10. The zero-order valence-corrected chi connectivity index (χ0v) is 13.9. The molecule has 3 aromatic rings. The fraction of sp³-hybridized carbons (Fsp3) is 0.133. The van der Waals surface area contributed by atoms with Crippen molar-refractivity contribution in [2.45, 2.75) is 16.9 Å². The first-order valence-electron chi connectivity index (χ1n) is 6.54. The first-order chi connectivity index (χ1) is 10.9. The van der Waals surface area contributed by atoms with E-state index in [4.69, 9.17) is 4.52 Å². The first kappa shape index (κ1) is 16.2. The van der Waals surface area contributed by atoms with Crippen LogP contribution in [0.4, 0.5) is 19.0 Å². The fourth-order valence-electron chi connectivity index (χ4n) is 2.03. The van der Waals surface area contributed by atoms with Gasteiger partial charge in [-0.3, -0.25) is 0 Å². The van der Waals surface area contributed by atoms with E-state index in [0.717, 1.165) is 15.4 Å². The van der Waals surface area contributed by atoms with Gasteiger partial charge in [0.05, 0.1) is 5.39 Å². The maximum absolute atomic E-state index is 12.3. The Morgan fingerprint density at radius 2 is 1.87 bits per heavy atom. The summed E-state index contributed by atoms with van der Waals surface area (Å²) >= 11 is 3.26. The van der Waals surface area contributed by atoms with Gasteiger partial charge in [0.1, 0.15) is 0 Å². The summed E-state index contributed by atoms with van der Waals surface area (Å²) in [6, 6.07) is 11.8. The highest BCUT2D eigenvalue weighted by Crippen LogP contribution is 2.36. The molecular weight excluding hydrogens is 393 g/mol. The second kappa shape index (κ2) is 6.45. The topological polar surface area (TPSA) is 38.1 Å². The molecule has 2 aromatic carbocycles. The van der Waals surface area contributed by atoms with Crippen molar-refractivity contribution in [1.82, 2.24) is 5.16 Å². The van der Waals surface area contributed by atoms with E-state index in [-0.39, 0.29) is 16.7 Å². The molecular formula is C15H10BrF3N2OS. The lowest BCUT2D eigenvalue weighted by Gasteiger charge is -2.07. The number of hydrogen-bond acceptors (Lipinski definition) is 4. The van der Waals surface area contributed by atoms with Crippen LogP contribution in [0, 0.1) is 0 Å². The van der Waals surface area contributed by atoms with Crippen molar-refractivity contribution in [2.24, 2.45) is 0 Å². The second-order valence-corrected chi connectivity index (χ2v) is 6.77. The van der Waals surface area contributed by atoms with Gasteiger partial charge >= 0.3 is 5.51 Å². The third-order valence-electron chi connectivity index (χ3n) is 3.05. The Morgan fingerprint density at radius 3 is 2.57 bits per heavy atom. The Bertz CT molecular complexity index is 818. The molecule has 23 heavy (non-hydrogen) atoms. The van der Waals surface area contributed by atoms with Crippen molar-refractivity contribution in [2.75, 3.05) is 5.32 Å². The van der Waals surface area contributed by atoms with Gasteiger partial charge in [-0.25, -0.2) is 0 Å².